The van der Waals surface area contributed by atoms with Crippen molar-refractivity contribution in [1.29, 1.82) is 5.26 Å². The number of benzene rings is 3. The molecule has 4 rings (SSSR count). The first-order valence-corrected chi connectivity index (χ1v) is 13.4. The van der Waals surface area contributed by atoms with Gasteiger partial charge in [-0.2, -0.15) is 5.26 Å². The normalized spacial score (nSPS) is 11.0. The maximum absolute atomic E-state index is 12.8. The average Bonchev–Trinajstić information content (AvgIpc) is 3.41. The van der Waals surface area contributed by atoms with E-state index in [4.69, 9.17) is 14.2 Å². The predicted molar refractivity (Wildman–Crippen MR) is 154 cm³/mol. The van der Waals surface area contributed by atoms with Crippen molar-refractivity contribution in [3.05, 3.63) is 94.4 Å². The Kier molecular flexibility index (Phi) is 9.33. The largest absolute Gasteiger partial charge is 0.490 e. The number of carbonyl (C=O) groups is 1. The number of aryl methyl sites for hydroxylation is 2. The zero-order chi connectivity index (χ0) is 27.6. The Labute approximate surface area is 232 Å². The van der Waals surface area contributed by atoms with Gasteiger partial charge in [0.1, 0.15) is 30.6 Å². The summed E-state index contributed by atoms with van der Waals surface area (Å²) in [6.07, 6.45) is 1.51. The van der Waals surface area contributed by atoms with E-state index in [1.807, 2.05) is 73.8 Å². The van der Waals surface area contributed by atoms with Crippen LogP contribution in [-0.2, 0) is 4.79 Å². The summed E-state index contributed by atoms with van der Waals surface area (Å²) in [6, 6.07) is 22.9. The topological polar surface area (TPSA) is 93.5 Å². The van der Waals surface area contributed by atoms with Crippen LogP contribution >= 0.6 is 11.3 Å². The van der Waals surface area contributed by atoms with Crippen molar-refractivity contribution in [2.24, 2.45) is 0 Å². The van der Waals surface area contributed by atoms with Crippen LogP contribution in [0.2, 0.25) is 0 Å². The molecule has 1 amide bonds. The lowest BCUT2D eigenvalue weighted by Crippen LogP contribution is -2.13. The summed E-state index contributed by atoms with van der Waals surface area (Å²) in [5.41, 5.74) is 4.68. The van der Waals surface area contributed by atoms with Crippen LogP contribution in [0, 0.1) is 25.2 Å². The van der Waals surface area contributed by atoms with Gasteiger partial charge in [0.05, 0.1) is 12.3 Å². The lowest BCUT2D eigenvalue weighted by atomic mass is 10.1. The number of aromatic nitrogens is 1. The summed E-state index contributed by atoms with van der Waals surface area (Å²) in [4.78, 5) is 17.3. The Morgan fingerprint density at radius 3 is 2.51 bits per heavy atom. The predicted octanol–water partition coefficient (Wildman–Crippen LogP) is 6.83. The molecule has 7 nitrogen and oxygen atoms in total. The van der Waals surface area contributed by atoms with Gasteiger partial charge in [0, 0.05) is 10.9 Å². The number of thiazole rings is 1. The molecule has 0 unspecified atom stereocenters. The minimum absolute atomic E-state index is 0.0515. The number of carbonyl (C=O) groups excluding carboxylic acids is 1. The van der Waals surface area contributed by atoms with Crippen molar-refractivity contribution in [1.82, 2.24) is 4.98 Å². The number of rotatable bonds is 11. The van der Waals surface area contributed by atoms with E-state index < -0.39 is 5.91 Å². The molecule has 0 spiro atoms. The molecule has 0 bridgehead atoms. The molecule has 0 aliphatic heterocycles. The third-order valence-electron chi connectivity index (χ3n) is 5.83. The highest BCUT2D eigenvalue weighted by molar-refractivity contribution is 7.14. The molecule has 0 radical (unpaired) electrons. The molecule has 0 saturated carbocycles. The fourth-order valence-corrected chi connectivity index (χ4v) is 4.38. The zero-order valence-electron chi connectivity index (χ0n) is 22.1. The molecule has 39 heavy (non-hydrogen) atoms. The van der Waals surface area contributed by atoms with Crippen LogP contribution in [0.15, 0.2) is 77.7 Å². The third-order valence-corrected chi connectivity index (χ3v) is 6.58. The maximum atomic E-state index is 12.8. The molecular weight excluding hydrogens is 510 g/mol. The van der Waals surface area contributed by atoms with Gasteiger partial charge in [-0.15, -0.1) is 11.3 Å². The van der Waals surface area contributed by atoms with E-state index in [1.165, 1.54) is 28.5 Å². The van der Waals surface area contributed by atoms with Gasteiger partial charge in [0.2, 0.25) is 0 Å². The van der Waals surface area contributed by atoms with Crippen molar-refractivity contribution in [3.8, 4) is 34.6 Å². The number of amides is 1. The third kappa shape index (κ3) is 7.46. The molecule has 0 aliphatic carbocycles. The molecule has 198 valence electrons. The SMILES string of the molecule is CCOc1cc(C=C(C#N)C(=O)Nc2nc(-c3ccccc3)cs2)ccc1OCCOc1ccc(C)c(C)c1. The van der Waals surface area contributed by atoms with Gasteiger partial charge < -0.3 is 14.2 Å². The van der Waals surface area contributed by atoms with Crippen molar-refractivity contribution >= 4 is 28.5 Å². The Hall–Kier alpha value is -4.61. The molecular formula is C31H29N3O4S. The van der Waals surface area contributed by atoms with Crippen molar-refractivity contribution in [2.75, 3.05) is 25.1 Å². The molecule has 0 saturated heterocycles. The van der Waals surface area contributed by atoms with Crippen LogP contribution in [0.25, 0.3) is 17.3 Å². The zero-order valence-corrected chi connectivity index (χ0v) is 22.9. The highest BCUT2D eigenvalue weighted by Crippen LogP contribution is 2.30. The molecule has 0 atom stereocenters. The van der Waals surface area contributed by atoms with Crippen LogP contribution in [0.3, 0.4) is 0 Å². The molecule has 0 aliphatic rings. The van der Waals surface area contributed by atoms with E-state index in [-0.39, 0.29) is 5.57 Å². The Morgan fingerprint density at radius 2 is 1.77 bits per heavy atom. The minimum Gasteiger partial charge on any atom is -0.490 e. The molecule has 4 aromatic rings. The second kappa shape index (κ2) is 13.3. The Morgan fingerprint density at radius 1 is 0.974 bits per heavy atom. The van der Waals surface area contributed by atoms with Gasteiger partial charge in [0.25, 0.3) is 5.91 Å². The first-order valence-electron chi connectivity index (χ1n) is 12.5. The summed E-state index contributed by atoms with van der Waals surface area (Å²) < 4.78 is 17.4. The van der Waals surface area contributed by atoms with Crippen molar-refractivity contribution < 1.29 is 19.0 Å². The molecule has 8 heteroatoms. The quantitative estimate of drug-likeness (QED) is 0.128. The van der Waals surface area contributed by atoms with E-state index in [9.17, 15) is 10.1 Å². The molecule has 3 aromatic carbocycles. The minimum atomic E-state index is -0.534. The number of nitriles is 1. The average molecular weight is 540 g/mol. The fourth-order valence-electron chi connectivity index (χ4n) is 3.67. The highest BCUT2D eigenvalue weighted by Gasteiger charge is 2.14. The Balaban J connectivity index is 1.40. The summed E-state index contributed by atoms with van der Waals surface area (Å²) in [7, 11) is 0. The second-order valence-corrected chi connectivity index (χ2v) is 9.47. The molecule has 1 heterocycles. The molecule has 0 fully saturated rings. The second-order valence-electron chi connectivity index (χ2n) is 8.61. The number of hydrogen-bond acceptors (Lipinski definition) is 7. The summed E-state index contributed by atoms with van der Waals surface area (Å²) >= 11 is 1.30. The van der Waals surface area contributed by atoms with E-state index in [0.29, 0.717) is 42.0 Å². The first-order chi connectivity index (χ1) is 19.0. The van der Waals surface area contributed by atoms with E-state index in [2.05, 4.69) is 17.2 Å². The van der Waals surface area contributed by atoms with Crippen molar-refractivity contribution in [3.63, 3.8) is 0 Å². The van der Waals surface area contributed by atoms with Gasteiger partial charge in [-0.3, -0.25) is 10.1 Å². The number of nitrogens with zero attached hydrogens (tertiary/aromatic N) is 2. The van der Waals surface area contributed by atoms with Crippen LogP contribution in [0.4, 0.5) is 5.13 Å². The molecule has 1 N–H and O–H groups in total. The van der Waals surface area contributed by atoms with Gasteiger partial charge in [0.15, 0.2) is 16.6 Å². The summed E-state index contributed by atoms with van der Waals surface area (Å²) in [5.74, 6) is 1.33. The smallest absolute Gasteiger partial charge is 0.268 e. The lowest BCUT2D eigenvalue weighted by molar-refractivity contribution is -0.112. The van der Waals surface area contributed by atoms with Gasteiger partial charge in [-0.1, -0.05) is 42.5 Å². The van der Waals surface area contributed by atoms with Crippen molar-refractivity contribution in [2.45, 2.75) is 20.8 Å². The first kappa shape index (κ1) is 27.4. The van der Waals surface area contributed by atoms with Gasteiger partial charge in [-0.25, -0.2) is 4.98 Å². The Bertz CT molecular complexity index is 1510. The number of nitrogens with one attached hydrogen (secondary N) is 1. The summed E-state index contributed by atoms with van der Waals surface area (Å²) in [5, 5.41) is 14.6. The lowest BCUT2D eigenvalue weighted by Gasteiger charge is -2.13. The number of ether oxygens (including phenoxy) is 3. The standard InChI is InChI=1S/C31H29N3O4S/c1-4-36-29-18-23(11-13-28(29)38-15-14-37-26-12-10-21(2)22(3)16-26)17-25(19-32)30(35)34-31-33-27(20-39-31)24-8-6-5-7-9-24/h5-13,16-18,20H,4,14-15H2,1-3H3,(H,33,34,35). The van der Waals surface area contributed by atoms with Crippen LogP contribution in [0.5, 0.6) is 17.2 Å². The monoisotopic (exact) mass is 539 g/mol. The van der Waals surface area contributed by atoms with E-state index in [0.717, 1.165) is 17.0 Å². The van der Waals surface area contributed by atoms with Crippen LogP contribution < -0.4 is 19.5 Å². The maximum Gasteiger partial charge on any atom is 0.268 e. The van der Waals surface area contributed by atoms with Crippen LogP contribution in [-0.4, -0.2) is 30.7 Å². The number of anilines is 1. The van der Waals surface area contributed by atoms with Gasteiger partial charge in [-0.05, 0) is 67.8 Å². The van der Waals surface area contributed by atoms with E-state index in [1.54, 1.807) is 18.2 Å². The van der Waals surface area contributed by atoms with Gasteiger partial charge >= 0.3 is 0 Å². The number of hydrogen-bond donors (Lipinski definition) is 1. The fraction of sp³-hybridized carbons (Fsp3) is 0.194. The van der Waals surface area contributed by atoms with Crippen LogP contribution in [0.1, 0.15) is 23.6 Å². The van der Waals surface area contributed by atoms with E-state index >= 15 is 0 Å². The highest BCUT2D eigenvalue weighted by atomic mass is 32.1. The summed E-state index contributed by atoms with van der Waals surface area (Å²) in [6.45, 7) is 7.11. The molecule has 1 aromatic heterocycles.